The van der Waals surface area contributed by atoms with E-state index in [-0.39, 0.29) is 0 Å². The Kier molecular flexibility index (Phi) is 3.90. The smallest absolute Gasteiger partial charge is 0.0979 e. The fourth-order valence-electron chi connectivity index (χ4n) is 2.36. The van der Waals surface area contributed by atoms with Crippen molar-refractivity contribution in [2.75, 3.05) is 13.1 Å². The van der Waals surface area contributed by atoms with E-state index in [1.807, 2.05) is 0 Å². The first kappa shape index (κ1) is 12.4. The molecule has 0 saturated carbocycles. The van der Waals surface area contributed by atoms with Crippen LogP contribution in [0.3, 0.4) is 0 Å². The van der Waals surface area contributed by atoms with Crippen LogP contribution in [-0.4, -0.2) is 18.0 Å². The molecular formula is C12H19ClN2S. The van der Waals surface area contributed by atoms with E-state index < -0.39 is 0 Å². The highest BCUT2D eigenvalue weighted by molar-refractivity contribution is 7.16. The van der Waals surface area contributed by atoms with Crippen molar-refractivity contribution in [1.82, 2.24) is 4.90 Å². The van der Waals surface area contributed by atoms with Gasteiger partial charge in [0, 0.05) is 31.1 Å². The Bertz CT molecular complexity index is 373. The third-order valence-electron chi connectivity index (χ3n) is 3.02. The Hall–Kier alpha value is -0.0900. The minimum Gasteiger partial charge on any atom is -0.326 e. The summed E-state index contributed by atoms with van der Waals surface area (Å²) in [5.41, 5.74) is 8.36. The lowest BCUT2D eigenvalue weighted by atomic mass is 10.0. The maximum Gasteiger partial charge on any atom is 0.0979 e. The number of hydrogen-bond acceptors (Lipinski definition) is 3. The molecule has 0 atom stereocenters. The van der Waals surface area contributed by atoms with E-state index in [9.17, 15) is 0 Å². The second-order valence-electron chi connectivity index (χ2n) is 4.84. The van der Waals surface area contributed by atoms with Crippen LogP contribution in [0.4, 0.5) is 0 Å². The van der Waals surface area contributed by atoms with Crippen molar-refractivity contribution >= 4 is 22.9 Å². The van der Waals surface area contributed by atoms with Gasteiger partial charge in [0.25, 0.3) is 0 Å². The van der Waals surface area contributed by atoms with E-state index in [0.29, 0.717) is 6.54 Å². The van der Waals surface area contributed by atoms with Gasteiger partial charge in [-0.1, -0.05) is 25.4 Å². The maximum atomic E-state index is 6.21. The van der Waals surface area contributed by atoms with Gasteiger partial charge in [-0.15, -0.1) is 11.3 Å². The fourth-order valence-corrected chi connectivity index (χ4v) is 3.98. The number of thiophene rings is 1. The number of halogens is 1. The lowest BCUT2D eigenvalue weighted by molar-refractivity contribution is 0.229. The predicted molar refractivity (Wildman–Crippen MR) is 71.0 cm³/mol. The van der Waals surface area contributed by atoms with E-state index in [1.54, 1.807) is 11.3 Å². The topological polar surface area (TPSA) is 29.3 Å². The number of hydrogen-bond donors (Lipinski definition) is 1. The van der Waals surface area contributed by atoms with Crippen molar-refractivity contribution < 1.29 is 0 Å². The third-order valence-corrected chi connectivity index (χ3v) is 4.53. The first-order valence-electron chi connectivity index (χ1n) is 5.83. The molecule has 0 spiro atoms. The van der Waals surface area contributed by atoms with E-state index in [1.165, 1.54) is 22.5 Å². The molecule has 2 heterocycles. The maximum absolute atomic E-state index is 6.21. The average Bonchev–Trinajstić information content (AvgIpc) is 2.51. The van der Waals surface area contributed by atoms with Crippen LogP contribution >= 0.6 is 22.9 Å². The summed E-state index contributed by atoms with van der Waals surface area (Å²) >= 11 is 7.92. The van der Waals surface area contributed by atoms with Crippen molar-refractivity contribution in [2.45, 2.75) is 33.4 Å². The quantitative estimate of drug-likeness (QED) is 0.904. The zero-order valence-corrected chi connectivity index (χ0v) is 11.5. The molecule has 0 saturated heterocycles. The van der Waals surface area contributed by atoms with Gasteiger partial charge < -0.3 is 5.73 Å². The molecule has 1 aromatic rings. The highest BCUT2D eigenvalue weighted by Gasteiger charge is 2.23. The van der Waals surface area contributed by atoms with Gasteiger partial charge in [0.05, 0.1) is 4.34 Å². The molecule has 0 amide bonds. The molecule has 0 radical (unpaired) electrons. The van der Waals surface area contributed by atoms with Crippen LogP contribution in [0.15, 0.2) is 0 Å². The zero-order chi connectivity index (χ0) is 11.7. The van der Waals surface area contributed by atoms with Crippen LogP contribution in [0, 0.1) is 5.92 Å². The van der Waals surface area contributed by atoms with Crippen molar-refractivity contribution in [2.24, 2.45) is 11.7 Å². The van der Waals surface area contributed by atoms with Gasteiger partial charge >= 0.3 is 0 Å². The van der Waals surface area contributed by atoms with Crippen LogP contribution in [0.25, 0.3) is 0 Å². The Labute approximate surface area is 106 Å². The lowest BCUT2D eigenvalue weighted by Gasteiger charge is -2.28. The van der Waals surface area contributed by atoms with Gasteiger partial charge in [-0.2, -0.15) is 0 Å². The lowest BCUT2D eigenvalue weighted by Crippen LogP contribution is -2.33. The molecule has 2 N–H and O–H groups in total. The number of nitrogens with two attached hydrogens (primary N) is 1. The summed E-state index contributed by atoms with van der Waals surface area (Å²) in [7, 11) is 0. The predicted octanol–water partition coefficient (Wildman–Crippen LogP) is 2.87. The molecule has 0 aromatic carbocycles. The molecule has 4 heteroatoms. The van der Waals surface area contributed by atoms with Gasteiger partial charge in [-0.25, -0.2) is 0 Å². The van der Waals surface area contributed by atoms with Gasteiger partial charge in [0.15, 0.2) is 0 Å². The molecule has 0 fully saturated rings. The highest BCUT2D eigenvalue weighted by atomic mass is 35.5. The molecule has 1 aliphatic heterocycles. The van der Waals surface area contributed by atoms with Gasteiger partial charge in [0.1, 0.15) is 0 Å². The van der Waals surface area contributed by atoms with Crippen LogP contribution in [0.5, 0.6) is 0 Å². The second kappa shape index (κ2) is 5.05. The largest absolute Gasteiger partial charge is 0.326 e. The minimum absolute atomic E-state index is 0.578. The summed E-state index contributed by atoms with van der Waals surface area (Å²) in [4.78, 5) is 3.94. The van der Waals surface area contributed by atoms with E-state index in [0.717, 1.165) is 29.8 Å². The van der Waals surface area contributed by atoms with Gasteiger partial charge in [-0.3, -0.25) is 4.90 Å². The van der Waals surface area contributed by atoms with Crippen LogP contribution in [-0.2, 0) is 19.5 Å². The SMILES string of the molecule is CC(C)CN1CCc2c(sc(Cl)c2CN)C1. The Balaban J connectivity index is 2.15. The van der Waals surface area contributed by atoms with Crippen molar-refractivity contribution in [1.29, 1.82) is 0 Å². The Morgan fingerprint density at radius 3 is 2.88 bits per heavy atom. The van der Waals surface area contributed by atoms with E-state index in [4.69, 9.17) is 17.3 Å². The zero-order valence-electron chi connectivity index (χ0n) is 9.92. The first-order chi connectivity index (χ1) is 7.61. The minimum atomic E-state index is 0.578. The fraction of sp³-hybridized carbons (Fsp3) is 0.667. The van der Waals surface area contributed by atoms with Crippen LogP contribution in [0.1, 0.15) is 29.9 Å². The molecule has 2 nitrogen and oxygen atoms in total. The molecule has 0 bridgehead atoms. The average molecular weight is 259 g/mol. The van der Waals surface area contributed by atoms with Crippen molar-refractivity contribution in [3.05, 3.63) is 20.3 Å². The normalized spacial score (nSPS) is 16.8. The summed E-state index contributed by atoms with van der Waals surface area (Å²) in [6, 6.07) is 0. The summed E-state index contributed by atoms with van der Waals surface area (Å²) in [5.74, 6) is 0.728. The third kappa shape index (κ3) is 2.43. The molecule has 2 rings (SSSR count). The summed E-state index contributed by atoms with van der Waals surface area (Å²) < 4.78 is 0.902. The molecule has 90 valence electrons. The number of rotatable bonds is 3. The number of fused-ring (bicyclic) bond motifs is 1. The molecule has 1 aliphatic rings. The molecular weight excluding hydrogens is 240 g/mol. The summed E-state index contributed by atoms with van der Waals surface area (Å²) in [6.07, 6.45) is 1.11. The molecule has 1 aromatic heterocycles. The summed E-state index contributed by atoms with van der Waals surface area (Å²) in [6.45, 7) is 8.48. The standard InChI is InChI=1S/C12H19ClN2S/c1-8(2)6-15-4-3-9-10(5-14)12(13)16-11(9)7-15/h8H,3-7,14H2,1-2H3. The number of nitrogens with zero attached hydrogens (tertiary/aromatic N) is 1. The summed E-state index contributed by atoms with van der Waals surface area (Å²) in [5, 5.41) is 0. The van der Waals surface area contributed by atoms with Crippen LogP contribution in [0.2, 0.25) is 4.34 Å². The Morgan fingerprint density at radius 1 is 1.50 bits per heavy atom. The second-order valence-corrected chi connectivity index (χ2v) is 6.55. The molecule has 0 aliphatic carbocycles. The van der Waals surface area contributed by atoms with E-state index >= 15 is 0 Å². The highest BCUT2D eigenvalue weighted by Crippen LogP contribution is 2.36. The first-order valence-corrected chi connectivity index (χ1v) is 7.02. The van der Waals surface area contributed by atoms with Gasteiger partial charge in [0.2, 0.25) is 0 Å². The molecule has 0 unspecified atom stereocenters. The molecule has 16 heavy (non-hydrogen) atoms. The Morgan fingerprint density at radius 2 is 2.25 bits per heavy atom. The van der Waals surface area contributed by atoms with E-state index in [2.05, 4.69) is 18.7 Å². The monoisotopic (exact) mass is 258 g/mol. The van der Waals surface area contributed by atoms with Crippen molar-refractivity contribution in [3.63, 3.8) is 0 Å². The van der Waals surface area contributed by atoms with Crippen LogP contribution < -0.4 is 5.73 Å². The van der Waals surface area contributed by atoms with Gasteiger partial charge in [-0.05, 0) is 23.5 Å². The van der Waals surface area contributed by atoms with Crippen molar-refractivity contribution in [3.8, 4) is 0 Å².